The second kappa shape index (κ2) is 4.33. The van der Waals surface area contributed by atoms with E-state index in [1.54, 1.807) is 0 Å². The molecule has 0 bridgehead atoms. The van der Waals surface area contributed by atoms with Crippen molar-refractivity contribution in [1.29, 1.82) is 0 Å². The van der Waals surface area contributed by atoms with Gasteiger partial charge in [0, 0.05) is 6.54 Å². The number of rotatable bonds is 0. The van der Waals surface area contributed by atoms with E-state index < -0.39 is 6.09 Å². The highest BCUT2D eigenvalue weighted by atomic mass is 35.5. The maximum atomic E-state index is 10.8. The molecule has 0 aromatic heterocycles. The minimum Gasteiger partial charge on any atom is -0.465 e. The number of amides is 1. The first-order chi connectivity index (χ1) is 6.29. The normalized spacial score (nSPS) is 14.1. The van der Waals surface area contributed by atoms with Gasteiger partial charge in [0.15, 0.2) is 0 Å². The average molecular weight is 214 g/mol. The van der Waals surface area contributed by atoms with Crippen molar-refractivity contribution in [2.24, 2.45) is 0 Å². The number of aryl methyl sites for hydroxylation is 1. The molecule has 1 aliphatic rings. The smallest absolute Gasteiger partial charge is 0.411 e. The quantitative estimate of drug-likeness (QED) is 0.720. The van der Waals surface area contributed by atoms with Crippen molar-refractivity contribution in [2.45, 2.75) is 12.8 Å². The lowest BCUT2D eigenvalue weighted by Crippen LogP contribution is -2.33. The molecule has 0 aliphatic carbocycles. The Hall–Kier alpha value is -1.22. The molecule has 1 aromatic carbocycles. The molecule has 1 aliphatic heterocycles. The van der Waals surface area contributed by atoms with E-state index in [0.29, 0.717) is 6.54 Å². The van der Waals surface area contributed by atoms with E-state index in [4.69, 9.17) is 5.11 Å². The van der Waals surface area contributed by atoms with E-state index in [-0.39, 0.29) is 12.4 Å². The first kappa shape index (κ1) is 10.9. The standard InChI is InChI=1S/C10H11NO2.ClH/c12-10(13)11-7-3-5-8-4-1-2-6-9(8)11;/h1-2,4,6H,3,5,7H2,(H,12,13);1H. The number of anilines is 1. The molecule has 14 heavy (non-hydrogen) atoms. The summed E-state index contributed by atoms with van der Waals surface area (Å²) in [4.78, 5) is 12.3. The van der Waals surface area contributed by atoms with Crippen LogP contribution in [0.5, 0.6) is 0 Å². The van der Waals surface area contributed by atoms with E-state index in [9.17, 15) is 4.79 Å². The van der Waals surface area contributed by atoms with Crippen molar-refractivity contribution in [2.75, 3.05) is 11.4 Å². The minimum atomic E-state index is -0.854. The number of para-hydroxylation sites is 1. The highest BCUT2D eigenvalue weighted by Crippen LogP contribution is 2.26. The van der Waals surface area contributed by atoms with Crippen LogP contribution in [0.4, 0.5) is 10.5 Å². The molecule has 1 amide bonds. The summed E-state index contributed by atoms with van der Waals surface area (Å²) < 4.78 is 0. The zero-order valence-corrected chi connectivity index (χ0v) is 8.46. The summed E-state index contributed by atoms with van der Waals surface area (Å²) in [7, 11) is 0. The zero-order chi connectivity index (χ0) is 9.26. The van der Waals surface area contributed by atoms with E-state index >= 15 is 0 Å². The highest BCUT2D eigenvalue weighted by Gasteiger charge is 2.20. The Morgan fingerprint density at radius 3 is 2.79 bits per heavy atom. The van der Waals surface area contributed by atoms with Gasteiger partial charge in [-0.3, -0.25) is 4.90 Å². The molecule has 0 spiro atoms. The topological polar surface area (TPSA) is 40.5 Å². The Balaban J connectivity index is 0.000000980. The number of nitrogens with zero attached hydrogens (tertiary/aromatic N) is 1. The summed E-state index contributed by atoms with van der Waals surface area (Å²) in [6.07, 6.45) is 1.05. The molecule has 0 fully saturated rings. The van der Waals surface area contributed by atoms with E-state index in [1.807, 2.05) is 24.3 Å². The second-order valence-corrected chi connectivity index (χ2v) is 3.17. The Morgan fingerprint density at radius 2 is 2.07 bits per heavy atom. The monoisotopic (exact) mass is 213 g/mol. The fourth-order valence-corrected chi connectivity index (χ4v) is 1.73. The molecule has 76 valence electrons. The van der Waals surface area contributed by atoms with Gasteiger partial charge >= 0.3 is 6.09 Å². The van der Waals surface area contributed by atoms with Gasteiger partial charge in [0.2, 0.25) is 0 Å². The molecule has 1 heterocycles. The maximum absolute atomic E-state index is 10.8. The summed E-state index contributed by atoms with van der Waals surface area (Å²) in [5.74, 6) is 0. The fourth-order valence-electron chi connectivity index (χ4n) is 1.73. The van der Waals surface area contributed by atoms with Crippen LogP contribution in [-0.4, -0.2) is 17.7 Å². The first-order valence-electron chi connectivity index (χ1n) is 4.37. The van der Waals surface area contributed by atoms with Gasteiger partial charge in [-0.15, -0.1) is 12.4 Å². The highest BCUT2D eigenvalue weighted by molar-refractivity contribution is 5.87. The molecule has 1 aromatic rings. The maximum Gasteiger partial charge on any atom is 0.411 e. The summed E-state index contributed by atoms with van der Waals surface area (Å²) in [5.41, 5.74) is 1.98. The van der Waals surface area contributed by atoms with Gasteiger partial charge in [0.25, 0.3) is 0 Å². The number of halogens is 1. The van der Waals surface area contributed by atoms with Crippen molar-refractivity contribution in [3.8, 4) is 0 Å². The second-order valence-electron chi connectivity index (χ2n) is 3.17. The van der Waals surface area contributed by atoms with Gasteiger partial charge in [0.1, 0.15) is 0 Å². The van der Waals surface area contributed by atoms with Crippen LogP contribution in [0.2, 0.25) is 0 Å². The molecule has 0 saturated carbocycles. The fraction of sp³-hybridized carbons (Fsp3) is 0.300. The molecule has 0 radical (unpaired) electrons. The molecule has 3 nitrogen and oxygen atoms in total. The van der Waals surface area contributed by atoms with Gasteiger partial charge in [-0.1, -0.05) is 18.2 Å². The number of fused-ring (bicyclic) bond motifs is 1. The van der Waals surface area contributed by atoms with Gasteiger partial charge in [-0.2, -0.15) is 0 Å². The molecule has 1 N–H and O–H groups in total. The van der Waals surface area contributed by atoms with Crippen molar-refractivity contribution in [3.05, 3.63) is 29.8 Å². The van der Waals surface area contributed by atoms with Gasteiger partial charge < -0.3 is 5.11 Å². The SMILES string of the molecule is Cl.O=C(O)N1CCCc2ccccc21. The predicted molar refractivity (Wildman–Crippen MR) is 57.4 cm³/mol. The molecule has 0 saturated heterocycles. The summed E-state index contributed by atoms with van der Waals surface area (Å²) in [5, 5.41) is 8.91. The lowest BCUT2D eigenvalue weighted by Gasteiger charge is -2.26. The van der Waals surface area contributed by atoms with Crippen molar-refractivity contribution in [3.63, 3.8) is 0 Å². The van der Waals surface area contributed by atoms with Crippen molar-refractivity contribution in [1.82, 2.24) is 0 Å². The number of hydrogen-bond donors (Lipinski definition) is 1. The first-order valence-corrected chi connectivity index (χ1v) is 4.37. The molecule has 0 unspecified atom stereocenters. The van der Waals surface area contributed by atoms with E-state index in [1.165, 1.54) is 4.90 Å². The van der Waals surface area contributed by atoms with Crippen LogP contribution >= 0.6 is 12.4 Å². The van der Waals surface area contributed by atoms with Crippen LogP contribution in [0.25, 0.3) is 0 Å². The van der Waals surface area contributed by atoms with Crippen LogP contribution in [0.15, 0.2) is 24.3 Å². The Kier molecular flexibility index (Phi) is 3.36. The summed E-state index contributed by atoms with van der Waals surface area (Å²) in [6, 6.07) is 7.68. The van der Waals surface area contributed by atoms with Crippen molar-refractivity contribution >= 4 is 24.2 Å². The van der Waals surface area contributed by atoms with E-state index in [0.717, 1.165) is 24.1 Å². The Labute approximate surface area is 88.8 Å². The molecule has 0 atom stereocenters. The number of carboxylic acid groups (broad SMARTS) is 1. The van der Waals surface area contributed by atoms with Gasteiger partial charge in [-0.05, 0) is 24.5 Å². The van der Waals surface area contributed by atoms with Crippen LogP contribution in [0, 0.1) is 0 Å². The average Bonchev–Trinajstić information content (AvgIpc) is 2.17. The largest absolute Gasteiger partial charge is 0.465 e. The van der Waals surface area contributed by atoms with Crippen LogP contribution in [-0.2, 0) is 6.42 Å². The Bertz CT molecular complexity index is 341. The summed E-state index contributed by atoms with van der Waals surface area (Å²) >= 11 is 0. The zero-order valence-electron chi connectivity index (χ0n) is 7.64. The molecular weight excluding hydrogens is 202 g/mol. The van der Waals surface area contributed by atoms with Crippen LogP contribution in [0.1, 0.15) is 12.0 Å². The summed E-state index contributed by atoms with van der Waals surface area (Å²) in [6.45, 7) is 0.617. The van der Waals surface area contributed by atoms with Gasteiger partial charge in [-0.25, -0.2) is 4.79 Å². The number of hydrogen-bond acceptors (Lipinski definition) is 1. The van der Waals surface area contributed by atoms with Gasteiger partial charge in [0.05, 0.1) is 5.69 Å². The molecule has 2 rings (SSSR count). The lowest BCUT2D eigenvalue weighted by molar-refractivity contribution is 0.201. The van der Waals surface area contributed by atoms with Crippen LogP contribution in [0.3, 0.4) is 0 Å². The van der Waals surface area contributed by atoms with Crippen molar-refractivity contribution < 1.29 is 9.90 Å². The third-order valence-corrected chi connectivity index (χ3v) is 2.34. The molecule has 4 heteroatoms. The minimum absolute atomic E-state index is 0. The number of benzene rings is 1. The third-order valence-electron chi connectivity index (χ3n) is 2.34. The Morgan fingerprint density at radius 1 is 1.36 bits per heavy atom. The number of carbonyl (C=O) groups is 1. The lowest BCUT2D eigenvalue weighted by atomic mass is 10.0. The third kappa shape index (κ3) is 1.82. The predicted octanol–water partition coefficient (Wildman–Crippen LogP) is 2.54. The van der Waals surface area contributed by atoms with Crippen LogP contribution < -0.4 is 4.90 Å². The van der Waals surface area contributed by atoms with E-state index in [2.05, 4.69) is 0 Å². The molecular formula is C10H12ClNO2.